The maximum absolute atomic E-state index is 10.0. The van der Waals surface area contributed by atoms with Gasteiger partial charge in [0, 0.05) is 17.1 Å². The summed E-state index contributed by atoms with van der Waals surface area (Å²) < 4.78 is 6.59. The van der Waals surface area contributed by atoms with E-state index in [1.165, 1.54) is 25.7 Å². The average molecular weight is 356 g/mol. The first-order valence-corrected chi connectivity index (χ1v) is 8.54. The van der Waals surface area contributed by atoms with Crippen LogP contribution in [0.25, 0.3) is 0 Å². The van der Waals surface area contributed by atoms with Gasteiger partial charge in [-0.1, -0.05) is 42.3 Å². The molecule has 2 atom stereocenters. The maximum Gasteiger partial charge on any atom is 0.120 e. The topological polar surface area (TPSA) is 41.5 Å². The zero-order valence-electron chi connectivity index (χ0n) is 12.9. The van der Waals surface area contributed by atoms with E-state index in [-0.39, 0.29) is 0 Å². The molecule has 2 rings (SSSR count). The van der Waals surface area contributed by atoms with E-state index in [4.69, 9.17) is 4.74 Å². The second-order valence-corrected chi connectivity index (χ2v) is 7.70. The van der Waals surface area contributed by atoms with Crippen LogP contribution in [-0.4, -0.2) is 30.4 Å². The molecule has 1 aromatic rings. The van der Waals surface area contributed by atoms with Crippen molar-refractivity contribution in [3.8, 4) is 5.75 Å². The minimum atomic E-state index is -0.478. The molecular weight excluding hydrogens is 330 g/mol. The number of aliphatic hydroxyl groups excluding tert-OH is 1. The molecule has 0 radical (unpaired) electrons. The summed E-state index contributed by atoms with van der Waals surface area (Å²) in [5.41, 5.74) is 0.424. The van der Waals surface area contributed by atoms with Crippen LogP contribution < -0.4 is 10.1 Å². The lowest BCUT2D eigenvalue weighted by Gasteiger charge is -2.36. The van der Waals surface area contributed by atoms with Crippen molar-refractivity contribution < 1.29 is 9.84 Å². The fourth-order valence-corrected chi connectivity index (χ4v) is 3.36. The molecule has 1 aromatic carbocycles. The van der Waals surface area contributed by atoms with Gasteiger partial charge in [-0.25, -0.2) is 0 Å². The van der Waals surface area contributed by atoms with Crippen molar-refractivity contribution in [3.05, 3.63) is 28.7 Å². The molecule has 0 heterocycles. The number of aliphatic hydroxyl groups is 1. The fraction of sp³-hybridized carbons (Fsp3) is 0.647. The number of benzene rings is 1. The van der Waals surface area contributed by atoms with Gasteiger partial charge in [-0.3, -0.25) is 0 Å². The van der Waals surface area contributed by atoms with E-state index >= 15 is 0 Å². The van der Waals surface area contributed by atoms with Gasteiger partial charge in [-0.15, -0.1) is 0 Å². The van der Waals surface area contributed by atoms with Gasteiger partial charge >= 0.3 is 0 Å². The Kier molecular flexibility index (Phi) is 6.08. The summed E-state index contributed by atoms with van der Waals surface area (Å²) in [6.07, 6.45) is 4.50. The second kappa shape index (κ2) is 7.61. The monoisotopic (exact) mass is 355 g/mol. The van der Waals surface area contributed by atoms with Crippen LogP contribution in [0, 0.1) is 5.41 Å². The predicted octanol–water partition coefficient (Wildman–Crippen LogP) is 3.75. The van der Waals surface area contributed by atoms with Gasteiger partial charge in [0.15, 0.2) is 0 Å². The van der Waals surface area contributed by atoms with Crippen molar-refractivity contribution >= 4 is 15.9 Å². The summed E-state index contributed by atoms with van der Waals surface area (Å²) in [5, 5.41) is 13.5. The van der Waals surface area contributed by atoms with Gasteiger partial charge in [-0.2, -0.15) is 0 Å². The van der Waals surface area contributed by atoms with Crippen molar-refractivity contribution in [2.24, 2.45) is 5.41 Å². The molecule has 3 nitrogen and oxygen atoms in total. The number of nitrogens with one attached hydrogen (secondary N) is 1. The molecule has 1 saturated carbocycles. The van der Waals surface area contributed by atoms with E-state index < -0.39 is 6.10 Å². The van der Waals surface area contributed by atoms with Gasteiger partial charge in [0.1, 0.15) is 18.5 Å². The molecule has 0 aliphatic heterocycles. The molecule has 0 saturated heterocycles. The molecule has 0 bridgehead atoms. The SMILES string of the molecule is CC1(C)CCCC(NCC(O)COc2cccc(Br)c2)C1. The average Bonchev–Trinajstić information content (AvgIpc) is 2.42. The summed E-state index contributed by atoms with van der Waals surface area (Å²) in [6.45, 7) is 5.57. The number of ether oxygens (including phenoxy) is 1. The van der Waals surface area contributed by atoms with E-state index in [0.717, 1.165) is 10.2 Å². The Hall–Kier alpha value is -0.580. The van der Waals surface area contributed by atoms with Crippen molar-refractivity contribution in [1.82, 2.24) is 5.32 Å². The molecule has 0 aromatic heterocycles. The molecule has 2 N–H and O–H groups in total. The largest absolute Gasteiger partial charge is 0.491 e. The van der Waals surface area contributed by atoms with Crippen LogP contribution in [0.3, 0.4) is 0 Å². The van der Waals surface area contributed by atoms with Crippen molar-refractivity contribution in [2.75, 3.05) is 13.2 Å². The Balaban J connectivity index is 1.69. The van der Waals surface area contributed by atoms with Crippen LogP contribution in [0.15, 0.2) is 28.7 Å². The number of rotatable bonds is 6. The van der Waals surface area contributed by atoms with Crippen LogP contribution in [-0.2, 0) is 0 Å². The van der Waals surface area contributed by atoms with Gasteiger partial charge in [0.2, 0.25) is 0 Å². The van der Waals surface area contributed by atoms with Crippen LogP contribution in [0.1, 0.15) is 39.5 Å². The van der Waals surface area contributed by atoms with Crippen LogP contribution >= 0.6 is 15.9 Å². The molecule has 1 aliphatic rings. The minimum absolute atomic E-state index is 0.319. The zero-order valence-corrected chi connectivity index (χ0v) is 14.5. The summed E-state index contributed by atoms with van der Waals surface area (Å²) >= 11 is 3.41. The van der Waals surface area contributed by atoms with E-state index in [1.54, 1.807) is 0 Å². The molecule has 0 amide bonds. The lowest BCUT2D eigenvalue weighted by Crippen LogP contribution is -2.42. The molecule has 1 fully saturated rings. The highest BCUT2D eigenvalue weighted by molar-refractivity contribution is 9.10. The van der Waals surface area contributed by atoms with Crippen LogP contribution in [0.4, 0.5) is 0 Å². The number of hydrogen-bond acceptors (Lipinski definition) is 3. The molecule has 4 heteroatoms. The molecule has 21 heavy (non-hydrogen) atoms. The maximum atomic E-state index is 10.0. The van der Waals surface area contributed by atoms with Crippen molar-refractivity contribution in [3.63, 3.8) is 0 Å². The van der Waals surface area contributed by atoms with Crippen LogP contribution in [0.2, 0.25) is 0 Å². The van der Waals surface area contributed by atoms with E-state index in [1.807, 2.05) is 24.3 Å². The summed E-state index contributed by atoms with van der Waals surface area (Å²) in [6, 6.07) is 8.21. The third-order valence-corrected chi connectivity index (χ3v) is 4.58. The van der Waals surface area contributed by atoms with Crippen LogP contribution in [0.5, 0.6) is 5.75 Å². The summed E-state index contributed by atoms with van der Waals surface area (Å²) in [5.74, 6) is 0.780. The quantitative estimate of drug-likeness (QED) is 0.816. The Morgan fingerprint density at radius 2 is 2.29 bits per heavy atom. The molecule has 118 valence electrons. The van der Waals surface area contributed by atoms with Gasteiger partial charge in [0.25, 0.3) is 0 Å². The smallest absolute Gasteiger partial charge is 0.120 e. The Labute approximate surface area is 136 Å². The number of hydrogen-bond donors (Lipinski definition) is 2. The highest BCUT2D eigenvalue weighted by atomic mass is 79.9. The lowest BCUT2D eigenvalue weighted by atomic mass is 9.75. The Morgan fingerprint density at radius 1 is 1.48 bits per heavy atom. The Bertz CT molecular complexity index is 450. The molecule has 2 unspecified atom stereocenters. The summed E-state index contributed by atoms with van der Waals surface area (Å²) in [4.78, 5) is 0. The third kappa shape index (κ3) is 5.97. The van der Waals surface area contributed by atoms with E-state index in [2.05, 4.69) is 35.1 Å². The lowest BCUT2D eigenvalue weighted by molar-refractivity contribution is 0.0964. The highest BCUT2D eigenvalue weighted by Gasteiger charge is 2.27. The highest BCUT2D eigenvalue weighted by Crippen LogP contribution is 2.35. The Morgan fingerprint density at radius 3 is 3.00 bits per heavy atom. The first-order chi connectivity index (χ1) is 9.94. The third-order valence-electron chi connectivity index (χ3n) is 4.09. The van der Waals surface area contributed by atoms with Crippen molar-refractivity contribution in [2.45, 2.75) is 51.7 Å². The first kappa shape index (κ1) is 16.8. The van der Waals surface area contributed by atoms with E-state index in [0.29, 0.717) is 24.6 Å². The molecular formula is C17H26BrNO2. The first-order valence-electron chi connectivity index (χ1n) is 7.74. The molecule has 1 aliphatic carbocycles. The predicted molar refractivity (Wildman–Crippen MR) is 89.7 cm³/mol. The zero-order chi connectivity index (χ0) is 15.3. The number of halogens is 1. The van der Waals surface area contributed by atoms with E-state index in [9.17, 15) is 5.11 Å². The second-order valence-electron chi connectivity index (χ2n) is 6.79. The summed E-state index contributed by atoms with van der Waals surface area (Å²) in [7, 11) is 0. The van der Waals surface area contributed by atoms with Crippen molar-refractivity contribution in [1.29, 1.82) is 0 Å². The molecule has 0 spiro atoms. The minimum Gasteiger partial charge on any atom is -0.491 e. The van der Waals surface area contributed by atoms with Gasteiger partial charge < -0.3 is 15.2 Å². The van der Waals surface area contributed by atoms with Gasteiger partial charge in [-0.05, 0) is 42.9 Å². The van der Waals surface area contributed by atoms with Gasteiger partial charge in [0.05, 0.1) is 0 Å². The normalized spacial score (nSPS) is 22.8. The fourth-order valence-electron chi connectivity index (χ4n) is 2.98. The standard InChI is InChI=1S/C17H26BrNO2/c1-17(2)8-4-6-14(10-17)19-11-15(20)12-21-16-7-3-5-13(18)9-16/h3,5,7,9,14-15,19-20H,4,6,8,10-12H2,1-2H3.